The Morgan fingerprint density at radius 1 is 0.860 bits per heavy atom. The van der Waals surface area contributed by atoms with Crippen LogP contribution in [-0.4, -0.2) is 73.7 Å². The third-order valence-electron chi connectivity index (χ3n) is 8.70. The molecule has 2 heterocycles. The van der Waals surface area contributed by atoms with Crippen molar-refractivity contribution in [2.75, 3.05) is 35.6 Å². The van der Waals surface area contributed by atoms with Crippen LogP contribution in [0.4, 0.5) is 35.9 Å². The van der Waals surface area contributed by atoms with Gasteiger partial charge in [-0.1, -0.05) is 55.0 Å². The molecule has 2 aromatic heterocycles. The van der Waals surface area contributed by atoms with E-state index < -0.39 is 53.3 Å². The molecular formula is C37H37ClF3N9O6S. The van der Waals surface area contributed by atoms with Crippen LogP contribution < -0.4 is 31.3 Å². The fraction of sp³-hybridized carbons (Fsp3) is 0.324. The number of nitrogens with zero attached hydrogens (tertiary/aromatic N) is 4. The van der Waals surface area contributed by atoms with Crippen molar-refractivity contribution < 1.29 is 42.5 Å². The van der Waals surface area contributed by atoms with Crippen molar-refractivity contribution in [3.63, 3.8) is 0 Å². The normalized spacial score (nSPS) is 13.8. The highest BCUT2D eigenvalue weighted by Crippen LogP contribution is 2.48. The van der Waals surface area contributed by atoms with Gasteiger partial charge in [0.2, 0.25) is 11.9 Å². The van der Waals surface area contributed by atoms with Gasteiger partial charge in [-0.3, -0.25) is 19.7 Å². The Morgan fingerprint density at radius 2 is 1.53 bits per heavy atom. The summed E-state index contributed by atoms with van der Waals surface area (Å²) in [6.07, 6.45) is -3.17. The number of nitrogens with one attached hydrogen (secondary N) is 5. The molecule has 0 bridgehead atoms. The van der Waals surface area contributed by atoms with Gasteiger partial charge in [0.25, 0.3) is 5.91 Å². The number of anilines is 4. The smallest absolute Gasteiger partial charge is 0.422 e. The summed E-state index contributed by atoms with van der Waals surface area (Å²) in [5.74, 6) is -4.44. The highest BCUT2D eigenvalue weighted by molar-refractivity contribution is 7.22. The molecular weight excluding hydrogens is 791 g/mol. The number of aromatic nitrogens is 4. The number of hydrogen-bond acceptors (Lipinski definition) is 13. The van der Waals surface area contributed by atoms with Crippen LogP contribution in [0.25, 0.3) is 10.2 Å². The predicted molar refractivity (Wildman–Crippen MR) is 206 cm³/mol. The maximum atomic E-state index is 13.0. The van der Waals surface area contributed by atoms with Crippen LogP contribution in [0.1, 0.15) is 55.1 Å². The first kappa shape index (κ1) is 41.0. The Morgan fingerprint density at radius 3 is 2.18 bits per heavy atom. The molecule has 0 radical (unpaired) electrons. The first-order valence-corrected chi connectivity index (χ1v) is 18.6. The van der Waals surface area contributed by atoms with Gasteiger partial charge in [-0.15, -0.1) is 0 Å². The zero-order valence-electron chi connectivity index (χ0n) is 30.6. The number of alkyl halides is 3. The van der Waals surface area contributed by atoms with Crippen molar-refractivity contribution in [2.24, 2.45) is 5.41 Å². The SMILES string of the molecule is CC(C)(CNC(=O)C(=O)Nc1nc2ccc(C(C)(O)O)cc2s1)CNC(=O)c1ccc(Nc2nc(NC3(c4ccc(Cl)cc4)CC3)nc(OCC(F)(F)F)n2)cc1. The molecule has 0 atom stereocenters. The second-order valence-electron chi connectivity index (χ2n) is 14.3. The summed E-state index contributed by atoms with van der Waals surface area (Å²) >= 11 is 7.10. The molecule has 300 valence electrons. The Balaban J connectivity index is 1.02. The highest BCUT2D eigenvalue weighted by Gasteiger charge is 2.45. The Bertz CT molecular complexity index is 2280. The molecule has 6 rings (SSSR count). The van der Waals surface area contributed by atoms with E-state index in [0.717, 1.165) is 29.7 Å². The minimum absolute atomic E-state index is 0.00419. The zero-order chi connectivity index (χ0) is 41.2. The number of fused-ring (bicyclic) bond motifs is 1. The monoisotopic (exact) mass is 827 g/mol. The van der Waals surface area contributed by atoms with Gasteiger partial charge in [0.05, 0.1) is 15.8 Å². The van der Waals surface area contributed by atoms with E-state index in [-0.39, 0.29) is 41.2 Å². The number of halogens is 4. The zero-order valence-corrected chi connectivity index (χ0v) is 32.2. The molecule has 1 saturated carbocycles. The lowest BCUT2D eigenvalue weighted by Crippen LogP contribution is -2.44. The van der Waals surface area contributed by atoms with Gasteiger partial charge in [-0.25, -0.2) is 4.98 Å². The number of rotatable bonds is 14. The summed E-state index contributed by atoms with van der Waals surface area (Å²) in [6.45, 7) is 3.34. The van der Waals surface area contributed by atoms with Gasteiger partial charge < -0.3 is 36.2 Å². The second-order valence-corrected chi connectivity index (χ2v) is 15.8. The van der Waals surface area contributed by atoms with E-state index in [1.165, 1.54) is 31.2 Å². The summed E-state index contributed by atoms with van der Waals surface area (Å²) in [6, 6.07) is 17.4. The quantitative estimate of drug-likeness (QED) is 0.0540. The summed E-state index contributed by atoms with van der Waals surface area (Å²) in [5.41, 5.74) is 1.14. The van der Waals surface area contributed by atoms with Crippen LogP contribution >= 0.6 is 22.9 Å². The van der Waals surface area contributed by atoms with Crippen LogP contribution in [0.5, 0.6) is 6.01 Å². The van der Waals surface area contributed by atoms with E-state index in [4.69, 9.17) is 16.3 Å². The van der Waals surface area contributed by atoms with Crippen LogP contribution in [0.15, 0.2) is 66.7 Å². The van der Waals surface area contributed by atoms with E-state index in [1.807, 2.05) is 12.1 Å². The topological polar surface area (TPSA) is 213 Å². The van der Waals surface area contributed by atoms with E-state index >= 15 is 0 Å². The first-order chi connectivity index (χ1) is 26.8. The van der Waals surface area contributed by atoms with Gasteiger partial charge in [0, 0.05) is 34.9 Å². The second kappa shape index (κ2) is 16.1. The molecule has 15 nitrogen and oxygen atoms in total. The standard InChI is InChI=1S/C37H37ClF3N9O6S/c1-34(2,18-43-28(52)29(53)46-33-45-25-13-8-22(35(3,54)55)16-26(25)57-33)17-42-27(51)20-4-11-24(12-5-20)44-30-47-31(49-32(48-30)56-19-37(39,40)41)50-36(14-15-36)21-6-9-23(38)10-7-21/h4-13,16,54-55H,14-15,17-19H2,1-3H3,(H,42,51)(H,43,52)(H,45,46,53)(H2,44,47,48,49,50). The average Bonchev–Trinajstić information content (AvgIpc) is 3.81. The lowest BCUT2D eigenvalue weighted by Gasteiger charge is -2.25. The van der Waals surface area contributed by atoms with Crippen LogP contribution in [0.3, 0.4) is 0 Å². The molecule has 0 saturated heterocycles. The summed E-state index contributed by atoms with van der Waals surface area (Å²) in [4.78, 5) is 54.8. The fourth-order valence-corrected chi connectivity index (χ4v) is 6.44. The summed E-state index contributed by atoms with van der Waals surface area (Å²) < 4.78 is 44.3. The minimum atomic E-state index is -4.62. The van der Waals surface area contributed by atoms with Gasteiger partial charge in [-0.05, 0) is 79.3 Å². The Labute approximate surface area is 332 Å². The number of carbonyl (C=O) groups excluding carboxylic acids is 3. The van der Waals surface area contributed by atoms with E-state index in [9.17, 15) is 37.8 Å². The molecule has 0 aliphatic heterocycles. The third-order valence-corrected chi connectivity index (χ3v) is 9.88. The Hall–Kier alpha value is -5.63. The molecule has 0 spiro atoms. The van der Waals surface area contributed by atoms with Crippen molar-refractivity contribution in [2.45, 2.75) is 51.1 Å². The Kier molecular flexibility index (Phi) is 11.6. The van der Waals surface area contributed by atoms with E-state index in [1.54, 1.807) is 44.2 Å². The number of carbonyl (C=O) groups is 3. The lowest BCUT2D eigenvalue weighted by molar-refractivity contribution is -0.154. The molecule has 3 aromatic carbocycles. The maximum absolute atomic E-state index is 13.0. The van der Waals surface area contributed by atoms with Crippen molar-refractivity contribution in [3.05, 3.63) is 88.4 Å². The molecule has 0 unspecified atom stereocenters. The summed E-state index contributed by atoms with van der Waals surface area (Å²) in [7, 11) is 0. The number of thiazole rings is 1. The van der Waals surface area contributed by atoms with Crippen LogP contribution in [0.2, 0.25) is 5.02 Å². The molecule has 20 heteroatoms. The predicted octanol–water partition coefficient (Wildman–Crippen LogP) is 5.59. The molecule has 5 aromatic rings. The highest BCUT2D eigenvalue weighted by atomic mass is 35.5. The molecule has 1 aliphatic carbocycles. The van der Waals surface area contributed by atoms with Crippen molar-refractivity contribution >= 4 is 73.6 Å². The van der Waals surface area contributed by atoms with Crippen LogP contribution in [-0.2, 0) is 20.9 Å². The van der Waals surface area contributed by atoms with Crippen molar-refractivity contribution in [1.82, 2.24) is 30.6 Å². The molecule has 57 heavy (non-hydrogen) atoms. The van der Waals surface area contributed by atoms with Crippen molar-refractivity contribution in [1.29, 1.82) is 0 Å². The number of aliphatic hydroxyl groups is 2. The summed E-state index contributed by atoms with van der Waals surface area (Å²) in [5, 5.41) is 34.3. The van der Waals surface area contributed by atoms with Gasteiger partial charge in [-0.2, -0.15) is 28.1 Å². The largest absolute Gasteiger partial charge is 0.454 e. The minimum Gasteiger partial charge on any atom is -0.454 e. The number of ether oxygens (including phenoxy) is 1. The molecule has 7 N–H and O–H groups in total. The van der Waals surface area contributed by atoms with Crippen LogP contribution in [0, 0.1) is 5.41 Å². The third kappa shape index (κ3) is 11.0. The van der Waals surface area contributed by atoms with E-state index in [2.05, 4.69) is 46.5 Å². The number of amides is 3. The number of benzene rings is 3. The van der Waals surface area contributed by atoms with E-state index in [0.29, 0.717) is 20.9 Å². The fourth-order valence-electron chi connectivity index (χ4n) is 5.42. The van der Waals surface area contributed by atoms with Gasteiger partial charge in [0.15, 0.2) is 17.5 Å². The maximum Gasteiger partial charge on any atom is 0.422 e. The molecule has 1 aliphatic rings. The molecule has 3 amide bonds. The van der Waals surface area contributed by atoms with Crippen molar-refractivity contribution in [3.8, 4) is 6.01 Å². The van der Waals surface area contributed by atoms with Gasteiger partial charge >= 0.3 is 24.0 Å². The average molecular weight is 828 g/mol. The molecule has 1 fully saturated rings. The lowest BCUT2D eigenvalue weighted by atomic mass is 9.93. The number of hydrogen-bond donors (Lipinski definition) is 7. The van der Waals surface area contributed by atoms with Gasteiger partial charge in [0.1, 0.15) is 0 Å². The first-order valence-electron chi connectivity index (χ1n) is 17.4.